The van der Waals surface area contributed by atoms with Crippen LogP contribution in [0.3, 0.4) is 0 Å². The van der Waals surface area contributed by atoms with Crippen molar-refractivity contribution < 1.29 is 43.1 Å². The number of hydrogen-bond acceptors (Lipinski definition) is 9. The minimum absolute atomic E-state index is 0.0121. The average Bonchev–Trinajstić information content (AvgIpc) is 3.12. The Bertz CT molecular complexity index is 1480. The molecule has 12 heteroatoms. The van der Waals surface area contributed by atoms with Crippen LogP contribution in [0.1, 0.15) is 42.6 Å². The second kappa shape index (κ2) is 15.3. The van der Waals surface area contributed by atoms with Crippen molar-refractivity contribution in [3.05, 3.63) is 75.3 Å². The maximum atomic E-state index is 14.5. The molecule has 10 nitrogen and oxygen atoms in total. The number of hydrogen-bond donors (Lipinski definition) is 1. The van der Waals surface area contributed by atoms with E-state index in [0.29, 0.717) is 51.1 Å². The summed E-state index contributed by atoms with van der Waals surface area (Å²) in [7, 11) is 4.56. The van der Waals surface area contributed by atoms with Crippen molar-refractivity contribution in [3.63, 3.8) is 0 Å². The Balaban J connectivity index is 1.98. The molecule has 0 spiro atoms. The lowest BCUT2D eigenvalue weighted by Crippen LogP contribution is -2.40. The predicted molar refractivity (Wildman–Crippen MR) is 165 cm³/mol. The van der Waals surface area contributed by atoms with Gasteiger partial charge in [0.1, 0.15) is 35.2 Å². The Morgan fingerprint density at radius 1 is 0.977 bits per heavy atom. The first kappa shape index (κ1) is 33.2. The van der Waals surface area contributed by atoms with Crippen molar-refractivity contribution in [2.24, 2.45) is 0 Å². The molecule has 1 aliphatic rings. The minimum Gasteiger partial charge on any atom is -0.497 e. The van der Waals surface area contributed by atoms with Crippen molar-refractivity contribution in [1.82, 2.24) is 0 Å². The molecular weight excluding hydrogens is 613 g/mol. The highest BCUT2D eigenvalue weighted by Crippen LogP contribution is 2.48. The number of fused-ring (bicyclic) bond motifs is 1. The molecule has 0 fully saturated rings. The maximum absolute atomic E-state index is 14.5. The molecule has 0 bridgehead atoms. The second-order valence-electron chi connectivity index (χ2n) is 9.75. The Labute approximate surface area is 266 Å². The lowest BCUT2D eigenvalue weighted by molar-refractivity contribution is -0.151. The highest BCUT2D eigenvalue weighted by atomic mass is 35.5. The van der Waals surface area contributed by atoms with Crippen LogP contribution in [0.15, 0.2) is 48.5 Å². The van der Waals surface area contributed by atoms with Gasteiger partial charge in [-0.25, -0.2) is 0 Å². The van der Waals surface area contributed by atoms with Gasteiger partial charge in [-0.05, 0) is 31.2 Å². The number of nitrogens with zero attached hydrogens (tertiary/aromatic N) is 1. The SMILES string of the molecule is CCOC(=O)C[C@@H]1O[C@@H](c2cccc(OC)c2Cl)c2cc(Cl)cc(OCCCO)c2N(Cc2ccc(OC)cc2OC)C1=O. The maximum Gasteiger partial charge on any atom is 0.308 e. The van der Waals surface area contributed by atoms with Gasteiger partial charge in [-0.1, -0.05) is 35.3 Å². The van der Waals surface area contributed by atoms with Crippen LogP contribution in [-0.2, 0) is 25.6 Å². The number of aliphatic hydroxyl groups excluding tert-OH is 1. The summed E-state index contributed by atoms with van der Waals surface area (Å²) in [5.74, 6) is 0.609. The number of ether oxygens (including phenoxy) is 6. The Morgan fingerprint density at radius 3 is 2.43 bits per heavy atom. The first-order valence-electron chi connectivity index (χ1n) is 14.0. The summed E-state index contributed by atoms with van der Waals surface area (Å²) in [5, 5.41) is 10.00. The highest BCUT2D eigenvalue weighted by molar-refractivity contribution is 6.33. The van der Waals surface area contributed by atoms with Gasteiger partial charge < -0.3 is 38.4 Å². The van der Waals surface area contributed by atoms with E-state index < -0.39 is 24.1 Å². The number of amides is 1. The summed E-state index contributed by atoms with van der Waals surface area (Å²) in [4.78, 5) is 28.7. The molecule has 1 aliphatic heterocycles. The standard InChI is InChI=1S/C32H35Cl2NO9/c1-5-42-28(37)17-27-32(38)35(18-19-10-11-21(39-2)16-25(19)41-4)30-23(14-20(33)15-26(30)43-13-7-12-36)31(44-27)22-8-6-9-24(40-3)29(22)34/h6,8-11,14-16,27,31,36H,5,7,12-13,17-18H2,1-4H3/t27-,31-/m0/s1. The molecule has 3 aromatic carbocycles. The average molecular weight is 649 g/mol. The van der Waals surface area contributed by atoms with Gasteiger partial charge in [0.15, 0.2) is 0 Å². The molecule has 1 N–H and O–H groups in total. The van der Waals surface area contributed by atoms with Crippen molar-refractivity contribution in [1.29, 1.82) is 0 Å². The second-order valence-corrected chi connectivity index (χ2v) is 10.6. The third-order valence-corrected chi connectivity index (χ3v) is 7.62. The molecule has 0 aliphatic carbocycles. The van der Waals surface area contributed by atoms with E-state index in [1.807, 2.05) is 0 Å². The zero-order chi connectivity index (χ0) is 31.8. The van der Waals surface area contributed by atoms with Gasteiger partial charge in [-0.3, -0.25) is 9.59 Å². The molecule has 44 heavy (non-hydrogen) atoms. The van der Waals surface area contributed by atoms with Gasteiger partial charge >= 0.3 is 5.97 Å². The lowest BCUT2D eigenvalue weighted by Gasteiger charge is -2.28. The van der Waals surface area contributed by atoms with Crippen LogP contribution in [0.2, 0.25) is 10.0 Å². The largest absolute Gasteiger partial charge is 0.497 e. The van der Waals surface area contributed by atoms with Gasteiger partial charge in [0.05, 0.1) is 58.2 Å². The number of aliphatic hydroxyl groups is 1. The van der Waals surface area contributed by atoms with E-state index in [2.05, 4.69) is 0 Å². The quantitative estimate of drug-likeness (QED) is 0.183. The van der Waals surface area contributed by atoms with Crippen molar-refractivity contribution in [2.45, 2.75) is 38.5 Å². The summed E-state index contributed by atoms with van der Waals surface area (Å²) in [5.41, 5.74) is 1.97. The van der Waals surface area contributed by atoms with Gasteiger partial charge in [0.25, 0.3) is 5.91 Å². The van der Waals surface area contributed by atoms with Crippen LogP contribution < -0.4 is 23.8 Å². The first-order valence-corrected chi connectivity index (χ1v) is 14.7. The van der Waals surface area contributed by atoms with Crippen LogP contribution in [0.5, 0.6) is 23.0 Å². The van der Waals surface area contributed by atoms with Gasteiger partial charge in [0, 0.05) is 46.9 Å². The van der Waals surface area contributed by atoms with E-state index >= 15 is 0 Å². The smallest absolute Gasteiger partial charge is 0.308 e. The molecule has 0 saturated heterocycles. The van der Waals surface area contributed by atoms with E-state index in [4.69, 9.17) is 51.6 Å². The summed E-state index contributed by atoms with van der Waals surface area (Å²) >= 11 is 13.4. The van der Waals surface area contributed by atoms with Gasteiger partial charge in [-0.15, -0.1) is 0 Å². The number of esters is 1. The third-order valence-electron chi connectivity index (χ3n) is 7.00. The predicted octanol–water partition coefficient (Wildman–Crippen LogP) is 5.76. The monoisotopic (exact) mass is 647 g/mol. The zero-order valence-electron chi connectivity index (χ0n) is 24.9. The number of carbonyl (C=O) groups is 2. The summed E-state index contributed by atoms with van der Waals surface area (Å²) in [6.07, 6.45) is -2.27. The fourth-order valence-electron chi connectivity index (χ4n) is 4.96. The molecule has 2 atom stereocenters. The Morgan fingerprint density at radius 2 is 1.75 bits per heavy atom. The van der Waals surface area contributed by atoms with Crippen LogP contribution in [0.4, 0.5) is 5.69 Å². The molecule has 4 rings (SSSR count). The number of anilines is 1. The van der Waals surface area contributed by atoms with E-state index in [9.17, 15) is 14.7 Å². The number of halogens is 2. The van der Waals surface area contributed by atoms with Crippen LogP contribution in [0, 0.1) is 0 Å². The molecule has 0 saturated carbocycles. The number of rotatable bonds is 13. The van der Waals surface area contributed by atoms with Crippen molar-refractivity contribution in [2.75, 3.05) is 46.0 Å². The van der Waals surface area contributed by atoms with Crippen LogP contribution in [0.25, 0.3) is 0 Å². The molecule has 0 aromatic heterocycles. The summed E-state index contributed by atoms with van der Waals surface area (Å²) < 4.78 is 34.2. The van der Waals surface area contributed by atoms with Crippen LogP contribution in [-0.4, -0.2) is 64.2 Å². The highest BCUT2D eigenvalue weighted by Gasteiger charge is 2.41. The number of methoxy groups -OCH3 is 3. The van der Waals surface area contributed by atoms with Crippen molar-refractivity contribution in [3.8, 4) is 23.0 Å². The van der Waals surface area contributed by atoms with Gasteiger partial charge in [0.2, 0.25) is 0 Å². The number of carbonyl (C=O) groups excluding carboxylic acids is 2. The fourth-order valence-corrected chi connectivity index (χ4v) is 5.48. The van der Waals surface area contributed by atoms with Gasteiger partial charge in [-0.2, -0.15) is 0 Å². The number of benzene rings is 3. The minimum atomic E-state index is -1.28. The Hall–Kier alpha value is -3.70. The molecular formula is C32H35Cl2NO9. The van der Waals surface area contributed by atoms with E-state index in [-0.39, 0.29) is 43.6 Å². The molecule has 0 unspecified atom stereocenters. The molecule has 1 heterocycles. The summed E-state index contributed by atoms with van der Waals surface area (Å²) in [6, 6.07) is 13.7. The van der Waals surface area contributed by atoms with E-state index in [1.54, 1.807) is 62.6 Å². The molecule has 1 amide bonds. The zero-order valence-corrected chi connectivity index (χ0v) is 26.4. The summed E-state index contributed by atoms with van der Waals surface area (Å²) in [6.45, 7) is 1.88. The third kappa shape index (κ3) is 7.32. The molecule has 3 aromatic rings. The topological polar surface area (TPSA) is 113 Å². The van der Waals surface area contributed by atoms with E-state index in [1.165, 1.54) is 19.1 Å². The lowest BCUT2D eigenvalue weighted by atomic mass is 9.98. The molecule has 236 valence electrons. The van der Waals surface area contributed by atoms with Crippen LogP contribution >= 0.6 is 23.2 Å². The van der Waals surface area contributed by atoms with E-state index in [0.717, 1.165) is 0 Å². The Kier molecular flexibility index (Phi) is 11.6. The first-order chi connectivity index (χ1) is 21.3. The van der Waals surface area contributed by atoms with Crippen molar-refractivity contribution >= 4 is 40.8 Å². The fraction of sp³-hybridized carbons (Fsp3) is 0.375. The normalized spacial score (nSPS) is 16.2. The molecule has 0 radical (unpaired) electrons.